The van der Waals surface area contributed by atoms with Crippen LogP contribution in [0.3, 0.4) is 0 Å². The van der Waals surface area contributed by atoms with Crippen LogP contribution in [0, 0.1) is 5.41 Å². The van der Waals surface area contributed by atoms with E-state index in [1.807, 2.05) is 0 Å². The zero-order chi connectivity index (χ0) is 13.2. The number of hydrogen-bond donors (Lipinski definition) is 3. The van der Waals surface area contributed by atoms with E-state index >= 15 is 0 Å². The molecule has 1 rings (SSSR count). The van der Waals surface area contributed by atoms with Crippen LogP contribution in [0.5, 0.6) is 5.75 Å². The van der Waals surface area contributed by atoms with Crippen molar-refractivity contribution >= 4 is 17.4 Å². The lowest BCUT2D eigenvalue weighted by molar-refractivity contribution is -0.274. The van der Waals surface area contributed by atoms with Crippen LogP contribution in [-0.4, -0.2) is 23.1 Å². The number of anilines is 1. The molecule has 0 bridgehead atoms. The van der Waals surface area contributed by atoms with Gasteiger partial charge >= 0.3 is 12.3 Å². The molecule has 17 heavy (non-hydrogen) atoms. The van der Waals surface area contributed by atoms with Crippen molar-refractivity contribution in [2.45, 2.75) is 6.36 Å². The number of nitrogens with two attached hydrogens (primary N) is 1. The molecule has 0 aromatic heterocycles. The van der Waals surface area contributed by atoms with Crippen molar-refractivity contribution in [3.63, 3.8) is 0 Å². The third kappa shape index (κ3) is 3.37. The van der Waals surface area contributed by atoms with Crippen LogP contribution in [0.2, 0.25) is 0 Å². The van der Waals surface area contributed by atoms with E-state index in [2.05, 4.69) is 4.74 Å². The Morgan fingerprint density at radius 2 is 2.00 bits per heavy atom. The number of carboxylic acids is 1. The minimum absolute atomic E-state index is 0.119. The Morgan fingerprint density at radius 3 is 2.47 bits per heavy atom. The van der Waals surface area contributed by atoms with Crippen LogP contribution < -0.4 is 10.5 Å². The molecule has 0 fully saturated rings. The van der Waals surface area contributed by atoms with Gasteiger partial charge in [-0.15, -0.1) is 13.2 Å². The third-order valence-corrected chi connectivity index (χ3v) is 1.74. The van der Waals surface area contributed by atoms with Gasteiger partial charge in [-0.05, 0) is 18.2 Å². The number of rotatable bonds is 3. The molecule has 1 aromatic carbocycles. The first kappa shape index (κ1) is 12.8. The highest BCUT2D eigenvalue weighted by Crippen LogP contribution is 2.26. The molecular formula is C9H7F3N2O3. The quantitative estimate of drug-likeness (QED) is 0.559. The molecule has 0 radical (unpaired) electrons. The van der Waals surface area contributed by atoms with Crippen molar-refractivity contribution < 1.29 is 27.8 Å². The Morgan fingerprint density at radius 1 is 1.41 bits per heavy atom. The van der Waals surface area contributed by atoms with E-state index < -0.39 is 23.8 Å². The highest BCUT2D eigenvalue weighted by molar-refractivity contribution is 6.42. The minimum atomic E-state index is -4.89. The summed E-state index contributed by atoms with van der Waals surface area (Å²) in [5, 5.41) is 15.7. The van der Waals surface area contributed by atoms with Gasteiger partial charge in [-0.2, -0.15) is 0 Å². The largest absolute Gasteiger partial charge is 0.573 e. The van der Waals surface area contributed by atoms with Crippen molar-refractivity contribution in [2.75, 3.05) is 5.73 Å². The van der Waals surface area contributed by atoms with E-state index in [0.29, 0.717) is 0 Å². The minimum Gasteiger partial charge on any atom is -0.477 e. The average molecular weight is 248 g/mol. The van der Waals surface area contributed by atoms with Crippen LogP contribution in [-0.2, 0) is 4.79 Å². The van der Waals surface area contributed by atoms with Crippen LogP contribution in [0.25, 0.3) is 0 Å². The van der Waals surface area contributed by atoms with Crippen molar-refractivity contribution in [3.05, 3.63) is 23.8 Å². The highest BCUT2D eigenvalue weighted by Gasteiger charge is 2.31. The van der Waals surface area contributed by atoms with Gasteiger partial charge in [0.15, 0.2) is 0 Å². The molecule has 0 atom stereocenters. The summed E-state index contributed by atoms with van der Waals surface area (Å²) in [6.45, 7) is 0. The van der Waals surface area contributed by atoms with E-state index in [1.54, 1.807) is 0 Å². The average Bonchev–Trinajstić information content (AvgIpc) is 2.17. The SMILES string of the molecule is N=C(C(=O)O)c1cc(OC(F)(F)F)ccc1N. The molecule has 0 spiro atoms. The van der Waals surface area contributed by atoms with E-state index in [0.717, 1.165) is 18.2 Å². The van der Waals surface area contributed by atoms with E-state index in [9.17, 15) is 18.0 Å². The summed E-state index contributed by atoms with van der Waals surface area (Å²) >= 11 is 0. The molecule has 0 aliphatic heterocycles. The first-order chi connectivity index (χ1) is 7.70. The predicted molar refractivity (Wildman–Crippen MR) is 52.0 cm³/mol. The van der Waals surface area contributed by atoms with Gasteiger partial charge in [-0.3, -0.25) is 5.41 Å². The number of carbonyl (C=O) groups is 1. The van der Waals surface area contributed by atoms with E-state index in [1.165, 1.54) is 0 Å². The maximum Gasteiger partial charge on any atom is 0.573 e. The van der Waals surface area contributed by atoms with Gasteiger partial charge in [0.25, 0.3) is 0 Å². The second kappa shape index (κ2) is 4.32. The number of nitrogen functional groups attached to an aromatic ring is 1. The zero-order valence-electron chi connectivity index (χ0n) is 8.21. The zero-order valence-corrected chi connectivity index (χ0v) is 8.21. The summed E-state index contributed by atoms with van der Waals surface area (Å²) in [6.07, 6.45) is -4.89. The molecule has 1 aromatic rings. The molecular weight excluding hydrogens is 241 g/mol. The van der Waals surface area contributed by atoms with Crippen molar-refractivity contribution in [3.8, 4) is 5.75 Å². The van der Waals surface area contributed by atoms with Gasteiger partial charge in [-0.1, -0.05) is 0 Å². The van der Waals surface area contributed by atoms with Gasteiger partial charge in [0.1, 0.15) is 11.5 Å². The second-order valence-electron chi connectivity index (χ2n) is 2.98. The smallest absolute Gasteiger partial charge is 0.477 e. The van der Waals surface area contributed by atoms with E-state index in [-0.39, 0.29) is 11.3 Å². The third-order valence-electron chi connectivity index (χ3n) is 1.74. The molecule has 8 heteroatoms. The standard InChI is InChI=1S/C9H7F3N2O3/c10-9(11,12)17-4-1-2-6(13)5(3-4)7(14)8(15)16/h1-3,14H,13H2,(H,15,16). The van der Waals surface area contributed by atoms with Crippen LogP contribution >= 0.6 is 0 Å². The number of hydrogen-bond acceptors (Lipinski definition) is 4. The summed E-state index contributed by atoms with van der Waals surface area (Å²) in [6, 6.07) is 2.72. The first-order valence-corrected chi connectivity index (χ1v) is 4.18. The van der Waals surface area contributed by atoms with Crippen molar-refractivity contribution in [2.24, 2.45) is 0 Å². The normalized spacial score (nSPS) is 11.0. The van der Waals surface area contributed by atoms with E-state index in [4.69, 9.17) is 16.2 Å². The summed E-state index contributed by atoms with van der Waals surface area (Å²) in [5.74, 6) is -2.23. The first-order valence-electron chi connectivity index (χ1n) is 4.18. The monoisotopic (exact) mass is 248 g/mol. The molecule has 0 aliphatic rings. The molecule has 0 saturated heterocycles. The number of aliphatic carboxylic acids is 1. The Bertz CT molecular complexity index is 471. The molecule has 0 saturated carbocycles. The Balaban J connectivity index is 3.11. The summed E-state index contributed by atoms with van der Waals surface area (Å²) < 4.78 is 39.3. The Hall–Kier alpha value is -2.25. The van der Waals surface area contributed by atoms with Gasteiger partial charge in [0, 0.05) is 11.3 Å². The molecule has 92 valence electrons. The fourth-order valence-corrected chi connectivity index (χ4v) is 1.06. The van der Waals surface area contributed by atoms with Gasteiger partial charge in [0.2, 0.25) is 0 Å². The maximum absolute atomic E-state index is 11.9. The lowest BCUT2D eigenvalue weighted by Crippen LogP contribution is -2.19. The molecule has 0 amide bonds. The van der Waals surface area contributed by atoms with Crippen LogP contribution in [0.15, 0.2) is 18.2 Å². The Labute approximate surface area is 93.1 Å². The number of halogens is 3. The number of ether oxygens (including phenoxy) is 1. The lowest BCUT2D eigenvalue weighted by atomic mass is 10.1. The second-order valence-corrected chi connectivity index (χ2v) is 2.98. The summed E-state index contributed by atoms with van der Waals surface area (Å²) in [5.41, 5.74) is 3.99. The van der Waals surface area contributed by atoms with Gasteiger partial charge < -0.3 is 15.6 Å². The molecule has 0 unspecified atom stereocenters. The molecule has 5 nitrogen and oxygen atoms in total. The predicted octanol–water partition coefficient (Wildman–Crippen LogP) is 1.62. The number of alkyl halides is 3. The lowest BCUT2D eigenvalue weighted by Gasteiger charge is -2.11. The van der Waals surface area contributed by atoms with Crippen molar-refractivity contribution in [1.82, 2.24) is 0 Å². The maximum atomic E-state index is 11.9. The van der Waals surface area contributed by atoms with Gasteiger partial charge in [0.05, 0.1) is 0 Å². The van der Waals surface area contributed by atoms with Gasteiger partial charge in [-0.25, -0.2) is 4.79 Å². The fourth-order valence-electron chi connectivity index (χ4n) is 1.06. The summed E-state index contributed by atoms with van der Waals surface area (Å²) in [7, 11) is 0. The van der Waals surface area contributed by atoms with Crippen LogP contribution in [0.1, 0.15) is 5.56 Å². The van der Waals surface area contributed by atoms with Crippen molar-refractivity contribution in [1.29, 1.82) is 5.41 Å². The number of nitrogens with one attached hydrogen (secondary N) is 1. The molecule has 4 N–H and O–H groups in total. The molecule has 0 heterocycles. The number of carboxylic acid groups (broad SMARTS) is 1. The van der Waals surface area contributed by atoms with Crippen LogP contribution in [0.4, 0.5) is 18.9 Å². The summed E-state index contributed by atoms with van der Waals surface area (Å²) in [4.78, 5) is 10.5. The number of benzene rings is 1. The highest BCUT2D eigenvalue weighted by atomic mass is 19.4. The Kier molecular flexibility index (Phi) is 3.26. The fraction of sp³-hybridized carbons (Fsp3) is 0.111. The topological polar surface area (TPSA) is 96.4 Å². The molecule has 0 aliphatic carbocycles.